The molecule has 0 bridgehead atoms. The molecule has 0 radical (unpaired) electrons. The zero-order valence-corrected chi connectivity index (χ0v) is 12.0. The largest absolute Gasteiger partial charge is 0.395 e. The Kier molecular flexibility index (Phi) is 4.06. The molecule has 4 nitrogen and oxygen atoms in total. The summed E-state index contributed by atoms with van der Waals surface area (Å²) in [5.74, 6) is 0. The van der Waals surface area contributed by atoms with E-state index in [0.29, 0.717) is 6.54 Å². The Labute approximate surface area is 124 Å². The molecule has 4 heteroatoms. The van der Waals surface area contributed by atoms with Crippen LogP contribution in [0.15, 0.2) is 42.5 Å². The first kappa shape index (κ1) is 13.9. The molecule has 0 heterocycles. The summed E-state index contributed by atoms with van der Waals surface area (Å²) < 4.78 is 0. The molecule has 1 aliphatic rings. The van der Waals surface area contributed by atoms with Crippen molar-refractivity contribution in [3.05, 3.63) is 42.5 Å². The Morgan fingerprint density at radius 2 is 1.95 bits per heavy atom. The van der Waals surface area contributed by atoms with Crippen molar-refractivity contribution in [2.24, 2.45) is 0 Å². The predicted octanol–water partition coefficient (Wildman–Crippen LogP) is 3.22. The third-order valence-electron chi connectivity index (χ3n) is 4.15. The fraction of sp³-hybridized carbons (Fsp3) is 0.353. The number of anilines is 1. The van der Waals surface area contributed by atoms with Gasteiger partial charge in [-0.05, 0) is 30.7 Å². The van der Waals surface area contributed by atoms with E-state index in [2.05, 4.69) is 5.32 Å². The van der Waals surface area contributed by atoms with Crippen LogP contribution in [-0.4, -0.2) is 35.2 Å². The number of hydrogen-bond acceptors (Lipinski definition) is 2. The van der Waals surface area contributed by atoms with Gasteiger partial charge < -0.3 is 15.3 Å². The Morgan fingerprint density at radius 1 is 1.19 bits per heavy atom. The third kappa shape index (κ3) is 2.85. The van der Waals surface area contributed by atoms with Gasteiger partial charge in [0.2, 0.25) is 0 Å². The normalized spacial score (nSPS) is 14.7. The second-order valence-corrected chi connectivity index (χ2v) is 5.46. The van der Waals surface area contributed by atoms with Gasteiger partial charge >= 0.3 is 6.03 Å². The second-order valence-electron chi connectivity index (χ2n) is 5.46. The van der Waals surface area contributed by atoms with E-state index in [4.69, 9.17) is 0 Å². The summed E-state index contributed by atoms with van der Waals surface area (Å²) in [6.45, 7) is 0.390. The lowest BCUT2D eigenvalue weighted by Crippen LogP contribution is -2.47. The van der Waals surface area contributed by atoms with Crippen LogP contribution in [0.5, 0.6) is 0 Å². The van der Waals surface area contributed by atoms with Gasteiger partial charge in [-0.15, -0.1) is 0 Å². The van der Waals surface area contributed by atoms with Gasteiger partial charge in [-0.1, -0.05) is 36.4 Å². The first-order valence-electron chi connectivity index (χ1n) is 7.46. The Hall–Kier alpha value is -2.07. The molecular formula is C17H20N2O2. The summed E-state index contributed by atoms with van der Waals surface area (Å²) in [5.41, 5.74) is 0.820. The van der Waals surface area contributed by atoms with Crippen LogP contribution in [0.1, 0.15) is 19.3 Å². The first-order chi connectivity index (χ1) is 10.3. The van der Waals surface area contributed by atoms with Crippen molar-refractivity contribution in [2.75, 3.05) is 18.5 Å². The van der Waals surface area contributed by atoms with Gasteiger partial charge in [0.05, 0.1) is 12.3 Å². The number of hydrogen-bond donors (Lipinski definition) is 2. The molecule has 0 aromatic heterocycles. The molecule has 0 unspecified atom stereocenters. The molecule has 110 valence electrons. The van der Waals surface area contributed by atoms with E-state index in [9.17, 15) is 9.90 Å². The number of aliphatic hydroxyl groups is 1. The van der Waals surface area contributed by atoms with E-state index in [1.165, 1.54) is 0 Å². The van der Waals surface area contributed by atoms with Gasteiger partial charge in [0.15, 0.2) is 0 Å². The highest BCUT2D eigenvalue weighted by molar-refractivity contribution is 6.01. The van der Waals surface area contributed by atoms with Gasteiger partial charge in [0.25, 0.3) is 0 Å². The standard InChI is InChI=1S/C17H20N2O2/c20-12-11-19(14-7-4-8-14)17(21)18-16-10-3-6-13-5-1-2-9-15(13)16/h1-3,5-6,9-10,14,20H,4,7-8,11-12H2,(H,18,21). The van der Waals surface area contributed by atoms with Crippen LogP contribution in [0, 0.1) is 0 Å². The van der Waals surface area contributed by atoms with Crippen molar-refractivity contribution in [3.63, 3.8) is 0 Å². The molecule has 2 aromatic carbocycles. The number of aliphatic hydroxyl groups excluding tert-OH is 1. The van der Waals surface area contributed by atoms with E-state index in [0.717, 1.165) is 35.7 Å². The monoisotopic (exact) mass is 284 g/mol. The summed E-state index contributed by atoms with van der Waals surface area (Å²) >= 11 is 0. The molecule has 1 saturated carbocycles. The summed E-state index contributed by atoms with van der Waals surface area (Å²) in [7, 11) is 0. The number of carbonyl (C=O) groups is 1. The van der Waals surface area contributed by atoms with Gasteiger partial charge in [-0.3, -0.25) is 0 Å². The van der Waals surface area contributed by atoms with Crippen molar-refractivity contribution in [1.82, 2.24) is 4.90 Å². The summed E-state index contributed by atoms with van der Waals surface area (Å²) in [6.07, 6.45) is 3.22. The highest BCUT2D eigenvalue weighted by Gasteiger charge is 2.28. The average molecular weight is 284 g/mol. The van der Waals surface area contributed by atoms with Crippen LogP contribution in [0.4, 0.5) is 10.5 Å². The van der Waals surface area contributed by atoms with Crippen LogP contribution in [-0.2, 0) is 0 Å². The minimum atomic E-state index is -0.120. The number of rotatable bonds is 4. The quantitative estimate of drug-likeness (QED) is 0.905. The number of nitrogens with zero attached hydrogens (tertiary/aromatic N) is 1. The summed E-state index contributed by atoms with van der Waals surface area (Å²) in [5, 5.41) is 14.3. The summed E-state index contributed by atoms with van der Waals surface area (Å²) in [6, 6.07) is 14.0. The molecule has 2 aromatic rings. The topological polar surface area (TPSA) is 52.6 Å². The van der Waals surface area contributed by atoms with E-state index in [1.54, 1.807) is 4.90 Å². The number of carbonyl (C=O) groups excluding carboxylic acids is 1. The van der Waals surface area contributed by atoms with Crippen molar-refractivity contribution in [3.8, 4) is 0 Å². The predicted molar refractivity (Wildman–Crippen MR) is 84.4 cm³/mol. The molecule has 3 rings (SSSR count). The van der Waals surface area contributed by atoms with E-state index in [1.807, 2.05) is 42.5 Å². The minimum Gasteiger partial charge on any atom is -0.395 e. The highest BCUT2D eigenvalue weighted by Crippen LogP contribution is 2.27. The van der Waals surface area contributed by atoms with Gasteiger partial charge in [-0.25, -0.2) is 4.79 Å². The summed E-state index contributed by atoms with van der Waals surface area (Å²) in [4.78, 5) is 14.2. The molecule has 0 atom stereocenters. The molecule has 0 spiro atoms. The second kappa shape index (κ2) is 6.14. The lowest BCUT2D eigenvalue weighted by atomic mass is 9.91. The molecule has 1 fully saturated rings. The fourth-order valence-electron chi connectivity index (χ4n) is 2.78. The molecule has 1 aliphatic carbocycles. The molecule has 2 amide bonds. The Bertz CT molecular complexity index is 632. The zero-order valence-electron chi connectivity index (χ0n) is 12.0. The fourth-order valence-corrected chi connectivity index (χ4v) is 2.78. The van der Waals surface area contributed by atoms with Crippen LogP contribution in [0.25, 0.3) is 10.8 Å². The molecular weight excluding hydrogens is 264 g/mol. The van der Waals surface area contributed by atoms with Crippen molar-refractivity contribution in [1.29, 1.82) is 0 Å². The Balaban J connectivity index is 1.81. The number of amides is 2. The van der Waals surface area contributed by atoms with E-state index >= 15 is 0 Å². The SMILES string of the molecule is O=C(Nc1cccc2ccccc12)N(CCO)C1CCC1. The smallest absolute Gasteiger partial charge is 0.322 e. The number of fused-ring (bicyclic) bond motifs is 1. The molecule has 0 aliphatic heterocycles. The van der Waals surface area contributed by atoms with Gasteiger partial charge in [-0.2, -0.15) is 0 Å². The van der Waals surface area contributed by atoms with Crippen LogP contribution in [0.3, 0.4) is 0 Å². The maximum absolute atomic E-state index is 12.5. The van der Waals surface area contributed by atoms with Crippen LogP contribution < -0.4 is 5.32 Å². The van der Waals surface area contributed by atoms with Crippen molar-refractivity contribution < 1.29 is 9.90 Å². The van der Waals surface area contributed by atoms with Crippen LogP contribution >= 0.6 is 0 Å². The molecule has 0 saturated heterocycles. The zero-order chi connectivity index (χ0) is 14.7. The van der Waals surface area contributed by atoms with E-state index in [-0.39, 0.29) is 18.7 Å². The number of nitrogens with one attached hydrogen (secondary N) is 1. The number of urea groups is 1. The number of benzene rings is 2. The Morgan fingerprint density at radius 3 is 2.67 bits per heavy atom. The van der Waals surface area contributed by atoms with Gasteiger partial charge in [0.1, 0.15) is 0 Å². The average Bonchev–Trinajstić information content (AvgIpc) is 2.45. The maximum atomic E-state index is 12.5. The lowest BCUT2D eigenvalue weighted by Gasteiger charge is -2.37. The third-order valence-corrected chi connectivity index (χ3v) is 4.15. The maximum Gasteiger partial charge on any atom is 0.322 e. The van der Waals surface area contributed by atoms with E-state index < -0.39 is 0 Å². The highest BCUT2D eigenvalue weighted by atomic mass is 16.3. The van der Waals surface area contributed by atoms with Crippen molar-refractivity contribution in [2.45, 2.75) is 25.3 Å². The van der Waals surface area contributed by atoms with Crippen LogP contribution in [0.2, 0.25) is 0 Å². The lowest BCUT2D eigenvalue weighted by molar-refractivity contribution is 0.127. The minimum absolute atomic E-state index is 0.000538. The van der Waals surface area contributed by atoms with Crippen molar-refractivity contribution >= 4 is 22.5 Å². The first-order valence-corrected chi connectivity index (χ1v) is 7.46. The molecule has 21 heavy (non-hydrogen) atoms. The van der Waals surface area contributed by atoms with Gasteiger partial charge in [0, 0.05) is 18.0 Å². The molecule has 2 N–H and O–H groups in total.